The first-order valence-corrected chi connectivity index (χ1v) is 9.93. The fraction of sp³-hybridized carbons (Fsp3) is 0.684. The Kier molecular flexibility index (Phi) is 8.62. The van der Waals surface area contributed by atoms with Gasteiger partial charge in [0.15, 0.2) is 0 Å². The molecular formula is C19H32ClN5O. The summed E-state index contributed by atoms with van der Waals surface area (Å²) >= 11 is 6.39. The molecule has 26 heavy (non-hydrogen) atoms. The maximum absolute atomic E-state index is 6.39. The lowest BCUT2D eigenvalue weighted by molar-refractivity contribution is 0.280. The number of aryl methyl sites for hydroxylation is 1. The number of likely N-dealkylation sites (tertiary alicyclic amines) is 1. The molecule has 2 rings (SSSR count). The Morgan fingerprint density at radius 3 is 2.96 bits per heavy atom. The van der Waals surface area contributed by atoms with Crippen LogP contribution >= 0.6 is 11.6 Å². The Balaban J connectivity index is 2.13. The summed E-state index contributed by atoms with van der Waals surface area (Å²) in [5.41, 5.74) is 8.34. The molecule has 0 aromatic carbocycles. The third-order valence-electron chi connectivity index (χ3n) is 4.77. The number of nitrogens with two attached hydrogens (primary N) is 1. The van der Waals surface area contributed by atoms with Gasteiger partial charge in [0, 0.05) is 37.8 Å². The second-order valence-electron chi connectivity index (χ2n) is 6.96. The van der Waals surface area contributed by atoms with Gasteiger partial charge in [-0.3, -0.25) is 9.89 Å². The summed E-state index contributed by atoms with van der Waals surface area (Å²) in [6.07, 6.45) is 6.07. The van der Waals surface area contributed by atoms with E-state index in [2.05, 4.69) is 27.3 Å². The van der Waals surface area contributed by atoms with Gasteiger partial charge < -0.3 is 15.6 Å². The molecule has 0 bridgehead atoms. The van der Waals surface area contributed by atoms with Crippen LogP contribution in [0, 0.1) is 6.92 Å². The van der Waals surface area contributed by atoms with Crippen LogP contribution < -0.4 is 11.1 Å². The van der Waals surface area contributed by atoms with E-state index >= 15 is 0 Å². The van der Waals surface area contributed by atoms with Crippen molar-refractivity contribution in [3.05, 3.63) is 23.1 Å². The molecule has 1 aliphatic rings. The minimum atomic E-state index is 0.433. The lowest BCUT2D eigenvalue weighted by Crippen LogP contribution is -2.41. The molecule has 0 saturated carbocycles. The Hall–Kier alpha value is -1.37. The molecule has 1 fully saturated rings. The summed E-state index contributed by atoms with van der Waals surface area (Å²) < 4.78 is 5.16. The van der Waals surface area contributed by atoms with Gasteiger partial charge in [0.05, 0.1) is 5.70 Å². The molecule has 1 atom stereocenters. The fourth-order valence-corrected chi connectivity index (χ4v) is 3.44. The van der Waals surface area contributed by atoms with E-state index in [1.165, 1.54) is 32.1 Å². The number of nitrogens with zero attached hydrogens (tertiary/aromatic N) is 3. The van der Waals surface area contributed by atoms with Crippen LogP contribution in [-0.2, 0) is 0 Å². The Morgan fingerprint density at radius 2 is 2.31 bits per heavy atom. The van der Waals surface area contributed by atoms with Gasteiger partial charge in [-0.25, -0.2) is 0 Å². The molecule has 1 aromatic rings. The topological polar surface area (TPSA) is 79.7 Å². The SMILES string of the molecule is CCCCNC1CCCCN(C/C(C(Cl)=NC)=C(/N)c2cc(C)on2)C1. The highest BCUT2D eigenvalue weighted by Gasteiger charge is 2.22. The highest BCUT2D eigenvalue weighted by atomic mass is 35.5. The smallest absolute Gasteiger partial charge is 0.134 e. The molecule has 0 aliphatic carbocycles. The minimum absolute atomic E-state index is 0.433. The predicted octanol–water partition coefficient (Wildman–Crippen LogP) is 3.16. The maximum atomic E-state index is 6.39. The van der Waals surface area contributed by atoms with Crippen molar-refractivity contribution in [1.29, 1.82) is 0 Å². The van der Waals surface area contributed by atoms with Crippen molar-refractivity contribution in [2.75, 3.05) is 33.2 Å². The molecule has 1 saturated heterocycles. The number of hydrogen-bond acceptors (Lipinski definition) is 6. The van der Waals surface area contributed by atoms with Crippen LogP contribution in [0.15, 0.2) is 21.2 Å². The van der Waals surface area contributed by atoms with Crippen LogP contribution in [0.5, 0.6) is 0 Å². The number of aromatic nitrogens is 1. The summed E-state index contributed by atoms with van der Waals surface area (Å²) in [5.74, 6) is 0.724. The second kappa shape index (κ2) is 10.7. The van der Waals surface area contributed by atoms with Crippen LogP contribution in [0.1, 0.15) is 50.5 Å². The molecule has 0 amide bonds. The molecule has 1 aromatic heterocycles. The average molecular weight is 382 g/mol. The predicted molar refractivity (Wildman–Crippen MR) is 109 cm³/mol. The highest BCUT2D eigenvalue weighted by Crippen LogP contribution is 2.20. The van der Waals surface area contributed by atoms with E-state index in [0.717, 1.165) is 31.0 Å². The van der Waals surface area contributed by atoms with Crippen LogP contribution in [0.4, 0.5) is 0 Å². The highest BCUT2D eigenvalue weighted by molar-refractivity contribution is 6.70. The van der Waals surface area contributed by atoms with Crippen molar-refractivity contribution in [2.24, 2.45) is 10.7 Å². The zero-order chi connectivity index (χ0) is 18.9. The zero-order valence-electron chi connectivity index (χ0n) is 16.2. The molecule has 3 N–H and O–H groups in total. The first kappa shape index (κ1) is 20.9. The lowest BCUT2D eigenvalue weighted by Gasteiger charge is -2.26. The number of halogens is 1. The van der Waals surface area contributed by atoms with E-state index in [9.17, 15) is 0 Å². The molecular weight excluding hydrogens is 350 g/mol. The second-order valence-corrected chi connectivity index (χ2v) is 7.32. The number of rotatable bonds is 8. The van der Waals surface area contributed by atoms with Crippen molar-refractivity contribution in [2.45, 2.75) is 52.0 Å². The monoisotopic (exact) mass is 381 g/mol. The van der Waals surface area contributed by atoms with Gasteiger partial charge in [-0.05, 0) is 39.3 Å². The molecule has 7 heteroatoms. The van der Waals surface area contributed by atoms with Gasteiger partial charge in [-0.2, -0.15) is 0 Å². The van der Waals surface area contributed by atoms with Crippen molar-refractivity contribution >= 4 is 22.5 Å². The minimum Gasteiger partial charge on any atom is -0.397 e. The Morgan fingerprint density at radius 1 is 1.50 bits per heavy atom. The summed E-state index contributed by atoms with van der Waals surface area (Å²) in [6.45, 7) is 7.84. The summed E-state index contributed by atoms with van der Waals surface area (Å²) in [7, 11) is 1.68. The van der Waals surface area contributed by atoms with Gasteiger partial charge in [-0.1, -0.05) is 36.5 Å². The van der Waals surface area contributed by atoms with Gasteiger partial charge in [0.1, 0.15) is 16.6 Å². The standard InChI is InChI=1S/C19H32ClN5O/c1-4-5-9-23-15-8-6-7-10-25(12-15)13-16(19(20)22-3)18(21)17-11-14(2)26-24-17/h11,15,23H,4-10,12-13,21H2,1-3H3/b18-16-,22-19?. The molecule has 146 valence electrons. The molecule has 1 aliphatic heterocycles. The first-order valence-electron chi connectivity index (χ1n) is 9.55. The first-order chi connectivity index (χ1) is 12.5. The van der Waals surface area contributed by atoms with Crippen molar-refractivity contribution < 1.29 is 4.52 Å². The molecule has 2 heterocycles. The van der Waals surface area contributed by atoms with Crippen LogP contribution in [-0.4, -0.2) is 54.5 Å². The van der Waals surface area contributed by atoms with Crippen LogP contribution in [0.25, 0.3) is 5.70 Å². The van der Waals surface area contributed by atoms with Gasteiger partial charge in [0.25, 0.3) is 0 Å². The van der Waals surface area contributed by atoms with Crippen molar-refractivity contribution in [1.82, 2.24) is 15.4 Å². The Bertz CT molecular complexity index is 625. The number of nitrogens with one attached hydrogen (secondary N) is 1. The zero-order valence-corrected chi connectivity index (χ0v) is 17.0. The molecule has 0 spiro atoms. The lowest BCUT2D eigenvalue weighted by atomic mass is 10.1. The number of unbranched alkanes of at least 4 members (excludes halogenated alkanes) is 1. The molecule has 0 radical (unpaired) electrons. The summed E-state index contributed by atoms with van der Waals surface area (Å²) in [6, 6.07) is 2.34. The number of aliphatic imine (C=N–C) groups is 1. The van der Waals surface area contributed by atoms with Gasteiger partial charge in [0.2, 0.25) is 0 Å². The van der Waals surface area contributed by atoms with Crippen molar-refractivity contribution in [3.63, 3.8) is 0 Å². The fourth-order valence-electron chi connectivity index (χ4n) is 3.28. The third kappa shape index (κ3) is 6.11. The molecule has 6 nitrogen and oxygen atoms in total. The van der Waals surface area contributed by atoms with E-state index in [1.54, 1.807) is 7.05 Å². The maximum Gasteiger partial charge on any atom is 0.134 e. The third-order valence-corrected chi connectivity index (χ3v) is 5.17. The summed E-state index contributed by atoms with van der Waals surface area (Å²) in [4.78, 5) is 6.57. The van der Waals surface area contributed by atoms with E-state index in [1.807, 2.05) is 13.0 Å². The average Bonchev–Trinajstić information content (AvgIpc) is 2.95. The number of hydrogen-bond donors (Lipinski definition) is 2. The van der Waals surface area contributed by atoms with Crippen LogP contribution in [0.2, 0.25) is 0 Å². The Labute approximate surface area is 161 Å². The quantitative estimate of drug-likeness (QED) is 0.534. The van der Waals surface area contributed by atoms with E-state index in [-0.39, 0.29) is 0 Å². The van der Waals surface area contributed by atoms with E-state index in [0.29, 0.717) is 29.1 Å². The normalized spacial score (nSPS) is 20.8. The largest absolute Gasteiger partial charge is 0.397 e. The van der Waals surface area contributed by atoms with Crippen molar-refractivity contribution in [3.8, 4) is 0 Å². The summed E-state index contributed by atoms with van der Waals surface area (Å²) in [5, 5.41) is 8.15. The molecule has 1 unspecified atom stereocenters. The van der Waals surface area contributed by atoms with Crippen LogP contribution in [0.3, 0.4) is 0 Å². The van der Waals surface area contributed by atoms with Gasteiger partial charge in [-0.15, -0.1) is 0 Å². The van der Waals surface area contributed by atoms with E-state index in [4.69, 9.17) is 21.9 Å². The van der Waals surface area contributed by atoms with Gasteiger partial charge >= 0.3 is 0 Å². The van der Waals surface area contributed by atoms with E-state index < -0.39 is 0 Å².